The molecule has 1 amide bonds. The molecule has 1 saturated heterocycles. The number of rotatable bonds is 19. The molecule has 8 nitrogen and oxygen atoms in total. The molecule has 0 aromatic heterocycles. The van der Waals surface area contributed by atoms with Gasteiger partial charge >= 0.3 is 0 Å². The summed E-state index contributed by atoms with van der Waals surface area (Å²) in [4.78, 5) is 15.8. The molecule has 0 unspecified atom stereocenters. The number of aliphatic hydroxyl groups is 1. The lowest BCUT2D eigenvalue weighted by Gasteiger charge is -2.30. The molecule has 0 aliphatic carbocycles. The van der Waals surface area contributed by atoms with E-state index in [9.17, 15) is 9.90 Å². The minimum atomic E-state index is -0.776. The van der Waals surface area contributed by atoms with Crippen molar-refractivity contribution in [1.82, 2.24) is 5.32 Å². The lowest BCUT2D eigenvalue weighted by Crippen LogP contribution is -2.42. The SMILES string of the molecule is COCCCOc1cc(C[C@@H](C[C@H](N)[C@@H](O)C[C@H](C(=O)NCc2cccc(N3CCCCC3)c2)C(C)C)C(C)C)ccc1OC. The van der Waals surface area contributed by atoms with Crippen molar-refractivity contribution in [3.8, 4) is 11.5 Å². The predicted molar refractivity (Wildman–Crippen MR) is 183 cm³/mol. The molecule has 2 aromatic carbocycles. The van der Waals surface area contributed by atoms with E-state index in [4.69, 9.17) is 19.9 Å². The number of nitrogens with one attached hydrogen (secondary N) is 1. The quantitative estimate of drug-likeness (QED) is 0.165. The summed E-state index contributed by atoms with van der Waals surface area (Å²) in [6.45, 7) is 12.3. The number of hydrogen-bond donors (Lipinski definition) is 3. The molecule has 4 N–H and O–H groups in total. The van der Waals surface area contributed by atoms with E-state index in [2.05, 4.69) is 54.4 Å². The fourth-order valence-corrected chi connectivity index (χ4v) is 6.20. The molecule has 4 atom stereocenters. The molecule has 1 heterocycles. The predicted octanol–water partition coefficient (Wildman–Crippen LogP) is 5.97. The van der Waals surface area contributed by atoms with E-state index in [1.165, 1.54) is 24.9 Å². The Kier molecular flexibility index (Phi) is 15.5. The summed E-state index contributed by atoms with van der Waals surface area (Å²) in [5, 5.41) is 14.4. The van der Waals surface area contributed by atoms with Crippen LogP contribution < -0.4 is 25.4 Å². The van der Waals surface area contributed by atoms with E-state index >= 15 is 0 Å². The van der Waals surface area contributed by atoms with Crippen LogP contribution in [-0.2, 0) is 22.5 Å². The van der Waals surface area contributed by atoms with Crippen LogP contribution in [0.15, 0.2) is 42.5 Å². The van der Waals surface area contributed by atoms with Gasteiger partial charge in [0.25, 0.3) is 0 Å². The molecule has 0 bridgehead atoms. The highest BCUT2D eigenvalue weighted by molar-refractivity contribution is 5.79. The Morgan fingerprint density at radius 1 is 0.933 bits per heavy atom. The number of aliphatic hydroxyl groups excluding tert-OH is 1. The van der Waals surface area contributed by atoms with Crippen molar-refractivity contribution in [3.05, 3.63) is 53.6 Å². The van der Waals surface area contributed by atoms with Crippen molar-refractivity contribution in [2.24, 2.45) is 29.4 Å². The van der Waals surface area contributed by atoms with Crippen LogP contribution in [0.3, 0.4) is 0 Å². The van der Waals surface area contributed by atoms with Crippen molar-refractivity contribution >= 4 is 11.6 Å². The summed E-state index contributed by atoms with van der Waals surface area (Å²) in [5.41, 5.74) is 10.1. The number of anilines is 1. The summed E-state index contributed by atoms with van der Waals surface area (Å²) in [5.74, 6) is 1.77. The van der Waals surface area contributed by atoms with Crippen LogP contribution in [-0.4, -0.2) is 63.7 Å². The Bertz CT molecular complexity index is 1150. The van der Waals surface area contributed by atoms with Crippen LogP contribution in [0.25, 0.3) is 0 Å². The number of methoxy groups -OCH3 is 2. The van der Waals surface area contributed by atoms with Crippen LogP contribution in [0, 0.1) is 23.7 Å². The topological polar surface area (TPSA) is 106 Å². The Morgan fingerprint density at radius 2 is 1.69 bits per heavy atom. The first-order valence-corrected chi connectivity index (χ1v) is 17.0. The van der Waals surface area contributed by atoms with Gasteiger partial charge in [0.15, 0.2) is 11.5 Å². The number of benzene rings is 2. The van der Waals surface area contributed by atoms with E-state index < -0.39 is 12.1 Å². The molecule has 3 rings (SSSR count). The number of carbonyl (C=O) groups excluding carboxylic acids is 1. The van der Waals surface area contributed by atoms with Crippen LogP contribution in [0.2, 0.25) is 0 Å². The summed E-state index contributed by atoms with van der Waals surface area (Å²) >= 11 is 0. The van der Waals surface area contributed by atoms with Crippen LogP contribution in [0.4, 0.5) is 5.69 Å². The largest absolute Gasteiger partial charge is 0.493 e. The van der Waals surface area contributed by atoms with Gasteiger partial charge in [-0.1, -0.05) is 45.9 Å². The first kappa shape index (κ1) is 36.7. The van der Waals surface area contributed by atoms with E-state index in [0.29, 0.717) is 44.3 Å². The zero-order valence-corrected chi connectivity index (χ0v) is 28.6. The number of amides is 1. The molecular weight excluding hydrogens is 566 g/mol. The van der Waals surface area contributed by atoms with Crippen LogP contribution >= 0.6 is 0 Å². The highest BCUT2D eigenvalue weighted by atomic mass is 16.5. The van der Waals surface area contributed by atoms with Gasteiger partial charge in [-0.05, 0) is 91.7 Å². The molecule has 45 heavy (non-hydrogen) atoms. The monoisotopic (exact) mass is 625 g/mol. The molecule has 1 fully saturated rings. The lowest BCUT2D eigenvalue weighted by atomic mass is 9.81. The molecule has 1 aliphatic rings. The Balaban J connectivity index is 1.57. The zero-order chi connectivity index (χ0) is 32.8. The third-order valence-corrected chi connectivity index (χ3v) is 9.22. The molecule has 1 aliphatic heterocycles. The number of hydrogen-bond acceptors (Lipinski definition) is 7. The Morgan fingerprint density at radius 3 is 2.36 bits per heavy atom. The first-order chi connectivity index (χ1) is 21.6. The molecular formula is C37H59N3O5. The van der Waals surface area contributed by atoms with Gasteiger partial charge in [-0.15, -0.1) is 0 Å². The minimum Gasteiger partial charge on any atom is -0.493 e. The van der Waals surface area contributed by atoms with Gasteiger partial charge in [0.05, 0.1) is 19.8 Å². The summed E-state index contributed by atoms with van der Waals surface area (Å²) in [7, 11) is 3.33. The van der Waals surface area contributed by atoms with Gasteiger partial charge in [-0.25, -0.2) is 0 Å². The highest BCUT2D eigenvalue weighted by Gasteiger charge is 2.30. The normalized spacial score (nSPS) is 16.4. The molecule has 0 spiro atoms. The number of ether oxygens (including phenoxy) is 3. The third-order valence-electron chi connectivity index (χ3n) is 9.22. The maximum Gasteiger partial charge on any atom is 0.223 e. The molecule has 252 valence electrons. The molecule has 2 aromatic rings. The summed E-state index contributed by atoms with van der Waals surface area (Å²) in [6.07, 6.45) is 5.58. The number of nitrogens with two attached hydrogens (primary N) is 1. The summed E-state index contributed by atoms with van der Waals surface area (Å²) in [6, 6.07) is 14.1. The van der Waals surface area contributed by atoms with Gasteiger partial charge in [0, 0.05) is 57.4 Å². The van der Waals surface area contributed by atoms with Gasteiger partial charge in [-0.2, -0.15) is 0 Å². The average molecular weight is 626 g/mol. The van der Waals surface area contributed by atoms with Gasteiger partial charge in [-0.3, -0.25) is 4.79 Å². The van der Waals surface area contributed by atoms with Crippen molar-refractivity contribution < 1.29 is 24.1 Å². The second-order valence-electron chi connectivity index (χ2n) is 13.4. The number of piperidine rings is 1. The summed E-state index contributed by atoms with van der Waals surface area (Å²) < 4.78 is 16.6. The number of nitrogens with zero attached hydrogens (tertiary/aromatic N) is 1. The second kappa shape index (κ2) is 19.0. The van der Waals surface area contributed by atoms with Crippen molar-refractivity contribution in [2.45, 2.75) is 91.3 Å². The number of carbonyl (C=O) groups is 1. The lowest BCUT2D eigenvalue weighted by molar-refractivity contribution is -0.127. The zero-order valence-electron chi connectivity index (χ0n) is 28.6. The van der Waals surface area contributed by atoms with Gasteiger partial charge < -0.3 is 35.3 Å². The van der Waals surface area contributed by atoms with E-state index in [1.807, 2.05) is 26.0 Å². The Hall–Kier alpha value is -2.81. The van der Waals surface area contributed by atoms with Crippen LogP contribution in [0.1, 0.15) is 77.3 Å². The highest BCUT2D eigenvalue weighted by Crippen LogP contribution is 2.32. The fraction of sp³-hybridized carbons (Fsp3) is 0.649. The smallest absolute Gasteiger partial charge is 0.223 e. The first-order valence-electron chi connectivity index (χ1n) is 17.0. The fourth-order valence-electron chi connectivity index (χ4n) is 6.20. The van der Waals surface area contributed by atoms with Crippen LogP contribution in [0.5, 0.6) is 11.5 Å². The van der Waals surface area contributed by atoms with Gasteiger partial charge in [0.2, 0.25) is 5.91 Å². The average Bonchev–Trinajstić information content (AvgIpc) is 3.04. The maximum atomic E-state index is 13.4. The standard InChI is InChI=1S/C37H59N3O5/c1-26(2)30(20-28-14-15-35(44-6)36(22-28)45-19-11-18-43-5)23-33(38)34(41)24-32(27(3)4)37(42)39-25-29-12-10-13-31(21-29)40-16-8-7-9-17-40/h10,12-15,21-22,26-27,30,32-34,41H,7-9,11,16-20,23-25,38H2,1-6H3,(H,39,42)/t30-,32-,33-,34-/m0/s1. The maximum absolute atomic E-state index is 13.4. The van der Waals surface area contributed by atoms with E-state index in [-0.39, 0.29) is 23.7 Å². The minimum absolute atomic E-state index is 0.0312. The van der Waals surface area contributed by atoms with Crippen molar-refractivity contribution in [1.29, 1.82) is 0 Å². The van der Waals surface area contributed by atoms with E-state index in [0.717, 1.165) is 42.8 Å². The third kappa shape index (κ3) is 11.8. The van der Waals surface area contributed by atoms with Crippen molar-refractivity contribution in [3.63, 3.8) is 0 Å². The molecule has 0 radical (unpaired) electrons. The van der Waals surface area contributed by atoms with E-state index in [1.54, 1.807) is 14.2 Å². The second-order valence-corrected chi connectivity index (χ2v) is 13.4. The molecule has 8 heteroatoms. The molecule has 0 saturated carbocycles. The van der Waals surface area contributed by atoms with Crippen molar-refractivity contribution in [2.75, 3.05) is 45.4 Å². The van der Waals surface area contributed by atoms with Gasteiger partial charge in [0.1, 0.15) is 0 Å². The Labute approximate surface area is 272 Å².